The van der Waals surface area contributed by atoms with Crippen molar-refractivity contribution >= 4 is 32.9 Å². The lowest BCUT2D eigenvalue weighted by atomic mass is 10.0. The van der Waals surface area contributed by atoms with Gasteiger partial charge < -0.3 is 5.73 Å². The number of hydrogen-bond acceptors (Lipinski definition) is 4. The van der Waals surface area contributed by atoms with Crippen molar-refractivity contribution in [1.82, 2.24) is 0 Å². The molecule has 0 fully saturated rings. The molecule has 4 nitrogen and oxygen atoms in total. The fourth-order valence-corrected chi connectivity index (χ4v) is 4.77. The standard InChI is InChI=1S/C21H18ClNO3S/c22-16-12-10-15(11-13-16)21(27(25,26)17-6-2-1-3-7-17)14-20(24)18-8-4-5-9-19(18)23/h1-13,21H,14,23H2. The van der Waals surface area contributed by atoms with E-state index in [-0.39, 0.29) is 17.1 Å². The molecular formula is C21H18ClNO3S. The summed E-state index contributed by atoms with van der Waals surface area (Å²) in [6.07, 6.45) is -0.215. The third-order valence-corrected chi connectivity index (χ3v) is 6.69. The number of para-hydroxylation sites is 1. The smallest absolute Gasteiger partial charge is 0.185 e. The van der Waals surface area contributed by atoms with Gasteiger partial charge in [0.1, 0.15) is 0 Å². The van der Waals surface area contributed by atoms with Crippen LogP contribution >= 0.6 is 11.6 Å². The van der Waals surface area contributed by atoms with Gasteiger partial charge in [-0.25, -0.2) is 8.42 Å². The first-order chi connectivity index (χ1) is 12.9. The van der Waals surface area contributed by atoms with Crippen molar-refractivity contribution in [2.45, 2.75) is 16.6 Å². The molecule has 0 spiro atoms. The average Bonchev–Trinajstić information content (AvgIpc) is 2.68. The van der Waals surface area contributed by atoms with E-state index in [1.54, 1.807) is 66.7 Å². The van der Waals surface area contributed by atoms with Crippen LogP contribution < -0.4 is 5.73 Å². The summed E-state index contributed by atoms with van der Waals surface area (Å²) in [5, 5.41) is -0.544. The van der Waals surface area contributed by atoms with E-state index in [4.69, 9.17) is 17.3 Å². The molecule has 0 aliphatic rings. The first-order valence-corrected chi connectivity index (χ1v) is 10.2. The van der Waals surface area contributed by atoms with Gasteiger partial charge in [-0.05, 0) is 42.0 Å². The number of carbonyl (C=O) groups is 1. The molecule has 0 saturated heterocycles. The Morgan fingerprint density at radius 1 is 0.889 bits per heavy atom. The number of nitrogens with two attached hydrogens (primary N) is 1. The number of anilines is 1. The van der Waals surface area contributed by atoms with Gasteiger partial charge in [0.2, 0.25) is 0 Å². The fraction of sp³-hybridized carbons (Fsp3) is 0.0952. The van der Waals surface area contributed by atoms with Gasteiger partial charge in [-0.3, -0.25) is 4.79 Å². The Bertz CT molecular complexity index is 1050. The molecule has 3 rings (SSSR count). The summed E-state index contributed by atoms with van der Waals surface area (Å²) >= 11 is 5.94. The summed E-state index contributed by atoms with van der Waals surface area (Å²) < 4.78 is 26.5. The van der Waals surface area contributed by atoms with Crippen molar-refractivity contribution in [3.63, 3.8) is 0 Å². The van der Waals surface area contributed by atoms with E-state index in [1.807, 2.05) is 0 Å². The van der Waals surface area contributed by atoms with E-state index >= 15 is 0 Å². The van der Waals surface area contributed by atoms with Crippen molar-refractivity contribution in [2.24, 2.45) is 0 Å². The molecule has 27 heavy (non-hydrogen) atoms. The van der Waals surface area contributed by atoms with Gasteiger partial charge >= 0.3 is 0 Å². The predicted octanol–water partition coefficient (Wildman–Crippen LogP) is 4.71. The third-order valence-electron chi connectivity index (χ3n) is 4.32. The summed E-state index contributed by atoms with van der Waals surface area (Å²) in [4.78, 5) is 13.0. The zero-order chi connectivity index (χ0) is 19.4. The molecule has 1 unspecified atom stereocenters. The molecule has 2 N–H and O–H groups in total. The molecule has 0 saturated carbocycles. The molecule has 3 aromatic carbocycles. The Balaban J connectivity index is 2.04. The summed E-state index contributed by atoms with van der Waals surface area (Å²) in [5.74, 6) is -0.326. The van der Waals surface area contributed by atoms with Gasteiger partial charge in [0, 0.05) is 22.7 Å². The zero-order valence-electron chi connectivity index (χ0n) is 14.4. The SMILES string of the molecule is Nc1ccccc1C(=O)CC(c1ccc(Cl)cc1)S(=O)(=O)c1ccccc1. The molecule has 0 aromatic heterocycles. The lowest BCUT2D eigenvalue weighted by molar-refractivity contribution is 0.0981. The maximum Gasteiger partial charge on any atom is 0.185 e. The van der Waals surface area contributed by atoms with Crippen LogP contribution in [0.3, 0.4) is 0 Å². The third kappa shape index (κ3) is 4.21. The highest BCUT2D eigenvalue weighted by molar-refractivity contribution is 7.91. The molecule has 6 heteroatoms. The minimum atomic E-state index is -3.79. The van der Waals surface area contributed by atoms with E-state index in [0.29, 0.717) is 21.8 Å². The Labute approximate surface area is 163 Å². The zero-order valence-corrected chi connectivity index (χ0v) is 16.0. The number of hydrogen-bond donors (Lipinski definition) is 1. The second kappa shape index (κ2) is 7.94. The van der Waals surface area contributed by atoms with Crippen LogP contribution in [0, 0.1) is 0 Å². The minimum absolute atomic E-state index is 0.166. The highest BCUT2D eigenvalue weighted by atomic mass is 35.5. The quantitative estimate of drug-likeness (QED) is 0.481. The average molecular weight is 400 g/mol. The number of ketones is 1. The fourth-order valence-electron chi connectivity index (χ4n) is 2.89. The number of rotatable bonds is 6. The van der Waals surface area contributed by atoms with Crippen molar-refractivity contribution in [2.75, 3.05) is 5.73 Å². The van der Waals surface area contributed by atoms with Crippen LogP contribution in [0.4, 0.5) is 5.69 Å². The van der Waals surface area contributed by atoms with E-state index in [9.17, 15) is 13.2 Å². The highest BCUT2D eigenvalue weighted by Crippen LogP contribution is 2.34. The molecule has 0 heterocycles. The monoisotopic (exact) mass is 399 g/mol. The molecule has 138 valence electrons. The molecule has 0 aliphatic carbocycles. The molecule has 3 aromatic rings. The maximum absolute atomic E-state index is 13.3. The number of nitrogen functional groups attached to an aromatic ring is 1. The van der Waals surface area contributed by atoms with E-state index in [1.165, 1.54) is 12.1 Å². The maximum atomic E-state index is 13.3. The number of benzene rings is 3. The van der Waals surface area contributed by atoms with Crippen molar-refractivity contribution in [3.8, 4) is 0 Å². The summed E-state index contributed by atoms with van der Waals surface area (Å²) in [6, 6.07) is 21.3. The van der Waals surface area contributed by atoms with Gasteiger partial charge in [-0.15, -0.1) is 0 Å². The molecular weight excluding hydrogens is 382 g/mol. The molecule has 1 atom stereocenters. The van der Waals surface area contributed by atoms with Crippen LogP contribution in [0.5, 0.6) is 0 Å². The topological polar surface area (TPSA) is 77.2 Å². The predicted molar refractivity (Wildman–Crippen MR) is 108 cm³/mol. The molecule has 0 amide bonds. The summed E-state index contributed by atoms with van der Waals surface area (Å²) in [7, 11) is -3.79. The van der Waals surface area contributed by atoms with Crippen molar-refractivity contribution < 1.29 is 13.2 Å². The van der Waals surface area contributed by atoms with E-state index < -0.39 is 15.1 Å². The van der Waals surface area contributed by atoms with Crippen LogP contribution in [0.15, 0.2) is 83.8 Å². The number of sulfone groups is 1. The Kier molecular flexibility index (Phi) is 5.63. The largest absolute Gasteiger partial charge is 0.398 e. The Morgan fingerprint density at radius 3 is 2.11 bits per heavy atom. The molecule has 0 radical (unpaired) electrons. The Hall–Kier alpha value is -2.63. The van der Waals surface area contributed by atoms with Crippen LogP contribution in [-0.2, 0) is 9.84 Å². The van der Waals surface area contributed by atoms with Gasteiger partial charge in [0.05, 0.1) is 10.1 Å². The lowest BCUT2D eigenvalue weighted by Crippen LogP contribution is -2.18. The van der Waals surface area contributed by atoms with E-state index in [2.05, 4.69) is 0 Å². The molecule has 0 bridgehead atoms. The number of carbonyl (C=O) groups excluding carboxylic acids is 1. The van der Waals surface area contributed by atoms with Gasteiger partial charge in [0.15, 0.2) is 15.6 Å². The normalized spacial score (nSPS) is 12.5. The Morgan fingerprint density at radius 2 is 1.48 bits per heavy atom. The summed E-state index contributed by atoms with van der Waals surface area (Å²) in [6.45, 7) is 0. The van der Waals surface area contributed by atoms with Gasteiger partial charge in [-0.1, -0.05) is 54.1 Å². The van der Waals surface area contributed by atoms with Gasteiger partial charge in [0.25, 0.3) is 0 Å². The van der Waals surface area contributed by atoms with Crippen LogP contribution in [-0.4, -0.2) is 14.2 Å². The first-order valence-electron chi connectivity index (χ1n) is 8.31. The number of Topliss-reactive ketones (excluding diaryl/α,β-unsaturated/α-hetero) is 1. The minimum Gasteiger partial charge on any atom is -0.398 e. The summed E-state index contributed by atoms with van der Waals surface area (Å²) in [5.41, 5.74) is 7.04. The number of halogens is 1. The highest BCUT2D eigenvalue weighted by Gasteiger charge is 2.31. The second-order valence-corrected chi connectivity index (χ2v) is 8.68. The second-order valence-electron chi connectivity index (χ2n) is 6.11. The van der Waals surface area contributed by atoms with Crippen LogP contribution in [0.2, 0.25) is 5.02 Å². The van der Waals surface area contributed by atoms with E-state index in [0.717, 1.165) is 0 Å². The van der Waals surface area contributed by atoms with Crippen LogP contribution in [0.25, 0.3) is 0 Å². The van der Waals surface area contributed by atoms with Crippen molar-refractivity contribution in [1.29, 1.82) is 0 Å². The van der Waals surface area contributed by atoms with Gasteiger partial charge in [-0.2, -0.15) is 0 Å². The van der Waals surface area contributed by atoms with Crippen molar-refractivity contribution in [3.05, 3.63) is 95.0 Å². The first kappa shape index (κ1) is 19.1. The van der Waals surface area contributed by atoms with Crippen LogP contribution in [0.1, 0.15) is 27.6 Å². The lowest BCUT2D eigenvalue weighted by Gasteiger charge is -2.18. The molecule has 0 aliphatic heterocycles.